The number of rotatable bonds is 14. The lowest BCUT2D eigenvalue weighted by molar-refractivity contribution is -0.156. The molecule has 0 aliphatic heterocycles. The van der Waals surface area contributed by atoms with Crippen molar-refractivity contribution in [1.82, 2.24) is 20.9 Å². The van der Waals surface area contributed by atoms with Gasteiger partial charge in [-0.1, -0.05) is 38.5 Å². The van der Waals surface area contributed by atoms with E-state index in [1.54, 1.807) is 20.0 Å². The number of carbonyl (C=O) groups is 5. The molecule has 1 heterocycles. The number of carbonyl (C=O) groups excluding carboxylic acids is 5. The molecule has 0 spiro atoms. The largest absolute Gasteiger partial charge is 0.461 e. The Hall–Kier alpha value is -4.02. The third-order valence-electron chi connectivity index (χ3n) is 7.32. The van der Waals surface area contributed by atoms with Gasteiger partial charge in [0.2, 0.25) is 17.7 Å². The molecule has 11 nitrogen and oxygen atoms in total. The van der Waals surface area contributed by atoms with Gasteiger partial charge in [0, 0.05) is 36.9 Å². The van der Waals surface area contributed by atoms with Gasteiger partial charge in [0.25, 0.3) is 0 Å². The van der Waals surface area contributed by atoms with Crippen molar-refractivity contribution in [3.8, 4) is 0 Å². The van der Waals surface area contributed by atoms with Crippen LogP contribution in [-0.4, -0.2) is 64.9 Å². The second-order valence-corrected chi connectivity index (χ2v) is 11.0. The Morgan fingerprint density at radius 1 is 1.00 bits per heavy atom. The molecule has 1 aliphatic carbocycles. The summed E-state index contributed by atoms with van der Waals surface area (Å²) >= 11 is 0. The smallest absolute Gasteiger partial charge is 0.329 e. The number of fused-ring (bicyclic) bond motifs is 1. The van der Waals surface area contributed by atoms with E-state index in [0.29, 0.717) is 6.21 Å². The highest BCUT2D eigenvalue weighted by Crippen LogP contribution is 2.22. The van der Waals surface area contributed by atoms with Crippen LogP contribution in [0.4, 0.5) is 0 Å². The van der Waals surface area contributed by atoms with E-state index in [9.17, 15) is 24.0 Å². The average Bonchev–Trinajstić information content (AvgIpc) is 3.35. The zero-order chi connectivity index (χ0) is 29.9. The van der Waals surface area contributed by atoms with Gasteiger partial charge in [0.1, 0.15) is 24.2 Å². The Morgan fingerprint density at radius 2 is 1.68 bits per heavy atom. The van der Waals surface area contributed by atoms with Crippen LogP contribution in [0.3, 0.4) is 0 Å². The second-order valence-electron chi connectivity index (χ2n) is 11.0. The van der Waals surface area contributed by atoms with Crippen molar-refractivity contribution in [2.45, 2.75) is 96.4 Å². The summed E-state index contributed by atoms with van der Waals surface area (Å²) in [6.45, 7) is 4.87. The molecule has 0 radical (unpaired) electrons. The Balaban J connectivity index is 1.76. The topological polar surface area (TPSA) is 170 Å². The van der Waals surface area contributed by atoms with Crippen LogP contribution in [0, 0.1) is 11.3 Å². The fraction of sp³-hybridized carbons (Fsp3) is 0.533. The van der Waals surface area contributed by atoms with Crippen LogP contribution in [-0.2, 0) is 35.1 Å². The van der Waals surface area contributed by atoms with E-state index in [1.165, 1.54) is 6.92 Å². The van der Waals surface area contributed by atoms with Gasteiger partial charge in [0.15, 0.2) is 5.78 Å². The van der Waals surface area contributed by atoms with Crippen molar-refractivity contribution >= 4 is 46.6 Å². The van der Waals surface area contributed by atoms with Crippen LogP contribution in [0.25, 0.3) is 10.9 Å². The molecule has 0 bridgehead atoms. The van der Waals surface area contributed by atoms with E-state index in [-0.39, 0.29) is 31.3 Å². The molecule has 5 N–H and O–H groups in total. The summed E-state index contributed by atoms with van der Waals surface area (Å²) in [6.07, 6.45) is 6.81. The molecule has 1 aromatic heterocycles. The normalized spacial score (nSPS) is 15.9. The minimum atomic E-state index is -1.19. The molecular formula is C30H41N5O6. The van der Waals surface area contributed by atoms with Gasteiger partial charge >= 0.3 is 5.97 Å². The SMILES string of the molecule is CC(=O)N[C@@H](Cc1c[nH]c2ccccc12)C(=O)N[C@@H](CCC(=O)C=N)C(=O)N[C@H](C(=O)OC1CCCCC1)C(C)C. The first kappa shape index (κ1) is 31.5. The number of hydrogen-bond donors (Lipinski definition) is 5. The van der Waals surface area contributed by atoms with Crippen LogP contribution >= 0.6 is 0 Å². The minimum absolute atomic E-state index is 0.0891. The molecule has 0 saturated heterocycles. The number of ether oxygens (including phenoxy) is 1. The fourth-order valence-corrected chi connectivity index (χ4v) is 5.05. The van der Waals surface area contributed by atoms with Gasteiger partial charge in [-0.15, -0.1) is 0 Å². The van der Waals surface area contributed by atoms with Crippen LogP contribution < -0.4 is 16.0 Å². The first-order valence-electron chi connectivity index (χ1n) is 14.3. The quantitative estimate of drug-likeness (QED) is 0.174. The van der Waals surface area contributed by atoms with Gasteiger partial charge in [0.05, 0.1) is 6.21 Å². The Labute approximate surface area is 240 Å². The molecule has 41 heavy (non-hydrogen) atoms. The fourth-order valence-electron chi connectivity index (χ4n) is 5.05. The van der Waals surface area contributed by atoms with Gasteiger partial charge in [-0.2, -0.15) is 0 Å². The summed E-state index contributed by atoms with van der Waals surface area (Å²) < 4.78 is 5.69. The lowest BCUT2D eigenvalue weighted by atomic mass is 9.97. The highest BCUT2D eigenvalue weighted by molar-refractivity contribution is 6.26. The van der Waals surface area contributed by atoms with E-state index in [2.05, 4.69) is 20.9 Å². The molecule has 3 rings (SSSR count). The van der Waals surface area contributed by atoms with Gasteiger partial charge in [-0.25, -0.2) is 4.79 Å². The Kier molecular flexibility index (Phi) is 11.6. The lowest BCUT2D eigenvalue weighted by Crippen LogP contribution is -2.57. The first-order valence-corrected chi connectivity index (χ1v) is 14.3. The summed E-state index contributed by atoms with van der Waals surface area (Å²) in [7, 11) is 0. The third-order valence-corrected chi connectivity index (χ3v) is 7.32. The van der Waals surface area contributed by atoms with Crippen molar-refractivity contribution in [1.29, 1.82) is 5.41 Å². The lowest BCUT2D eigenvalue weighted by Gasteiger charge is -2.28. The van der Waals surface area contributed by atoms with E-state index >= 15 is 0 Å². The van der Waals surface area contributed by atoms with Gasteiger partial charge < -0.3 is 31.1 Å². The van der Waals surface area contributed by atoms with Crippen LogP contribution in [0.15, 0.2) is 30.5 Å². The predicted molar refractivity (Wildman–Crippen MR) is 154 cm³/mol. The van der Waals surface area contributed by atoms with E-state index in [1.807, 2.05) is 24.3 Å². The van der Waals surface area contributed by atoms with Crippen molar-refractivity contribution in [3.63, 3.8) is 0 Å². The van der Waals surface area contributed by atoms with Crippen molar-refractivity contribution in [2.75, 3.05) is 0 Å². The number of aromatic nitrogens is 1. The first-order chi connectivity index (χ1) is 19.6. The van der Waals surface area contributed by atoms with Gasteiger partial charge in [-0.3, -0.25) is 19.2 Å². The summed E-state index contributed by atoms with van der Waals surface area (Å²) in [6, 6.07) is 4.43. The van der Waals surface area contributed by atoms with E-state index in [0.717, 1.165) is 48.6 Å². The Morgan fingerprint density at radius 3 is 2.34 bits per heavy atom. The van der Waals surface area contributed by atoms with Crippen molar-refractivity contribution < 1.29 is 28.7 Å². The maximum atomic E-state index is 13.4. The van der Waals surface area contributed by atoms with E-state index in [4.69, 9.17) is 10.1 Å². The number of amides is 3. The zero-order valence-corrected chi connectivity index (χ0v) is 24.0. The summed E-state index contributed by atoms with van der Waals surface area (Å²) in [4.78, 5) is 66.9. The summed E-state index contributed by atoms with van der Waals surface area (Å²) in [5, 5.41) is 16.1. The number of nitrogens with one attached hydrogen (secondary N) is 5. The highest BCUT2D eigenvalue weighted by atomic mass is 16.5. The number of H-pyrrole nitrogens is 1. The average molecular weight is 568 g/mol. The maximum Gasteiger partial charge on any atom is 0.329 e. The summed E-state index contributed by atoms with van der Waals surface area (Å²) in [5.41, 5.74) is 1.69. The predicted octanol–water partition coefficient (Wildman–Crippen LogP) is 2.72. The highest BCUT2D eigenvalue weighted by Gasteiger charge is 2.33. The third kappa shape index (κ3) is 9.26. The van der Waals surface area contributed by atoms with E-state index < -0.39 is 47.6 Å². The number of para-hydroxylation sites is 1. The number of esters is 1. The van der Waals surface area contributed by atoms with Gasteiger partial charge in [-0.05, 0) is 49.7 Å². The number of benzene rings is 1. The maximum absolute atomic E-state index is 13.4. The molecule has 1 saturated carbocycles. The standard InChI is InChI=1S/C30H41N5O6/c1-18(2)27(30(40)41-22-9-5-4-6-10-22)35-28(38)25(14-13-21(37)16-31)34-29(39)26(33-19(3)36)15-20-17-32-24-12-8-7-11-23(20)24/h7-8,11-12,16-18,22,25-27,31-32H,4-6,9-10,13-15H2,1-3H3,(H,33,36)(H,34,39)(H,35,38)/t25-,26-,27-/m0/s1. The molecule has 0 unspecified atom stereocenters. The molecule has 1 aliphatic rings. The van der Waals surface area contributed by atoms with Crippen molar-refractivity contribution in [2.24, 2.45) is 5.92 Å². The zero-order valence-electron chi connectivity index (χ0n) is 24.0. The number of ketones is 1. The van der Waals surface area contributed by atoms with Crippen molar-refractivity contribution in [3.05, 3.63) is 36.0 Å². The number of aromatic amines is 1. The number of Topliss-reactive ketones (excluding diaryl/α,β-unsaturated/α-hetero) is 1. The molecule has 1 aromatic carbocycles. The molecule has 3 amide bonds. The molecule has 2 aromatic rings. The molecule has 1 fully saturated rings. The Bertz CT molecular complexity index is 1250. The minimum Gasteiger partial charge on any atom is -0.461 e. The molecule has 222 valence electrons. The molecule has 3 atom stereocenters. The van der Waals surface area contributed by atoms with Crippen LogP contribution in [0.2, 0.25) is 0 Å². The van der Waals surface area contributed by atoms with Crippen LogP contribution in [0.1, 0.15) is 71.3 Å². The number of hydrogen-bond acceptors (Lipinski definition) is 7. The summed E-state index contributed by atoms with van der Waals surface area (Å²) in [5.74, 6) is -3.01. The van der Waals surface area contributed by atoms with Crippen LogP contribution in [0.5, 0.6) is 0 Å². The second kappa shape index (κ2) is 15.1. The monoisotopic (exact) mass is 567 g/mol. The molecular weight excluding hydrogens is 526 g/mol. The molecule has 11 heteroatoms.